The number of rotatable bonds is 9. The lowest BCUT2D eigenvalue weighted by Gasteiger charge is -2.07. The number of fused-ring (bicyclic) bond motifs is 1. The van der Waals surface area contributed by atoms with Crippen molar-refractivity contribution in [3.05, 3.63) is 57.9 Å². The summed E-state index contributed by atoms with van der Waals surface area (Å²) in [6.45, 7) is 10.9. The van der Waals surface area contributed by atoms with Gasteiger partial charge < -0.3 is 14.0 Å². The summed E-state index contributed by atoms with van der Waals surface area (Å²) in [6, 6.07) is 11.6. The van der Waals surface area contributed by atoms with Crippen LogP contribution in [0.25, 0.3) is 10.2 Å². The number of carbonyl (C=O) groups is 1. The summed E-state index contributed by atoms with van der Waals surface area (Å²) >= 11 is 1.54. The van der Waals surface area contributed by atoms with Crippen LogP contribution in [0.3, 0.4) is 0 Å². The lowest BCUT2D eigenvalue weighted by atomic mass is 10.1. The van der Waals surface area contributed by atoms with Crippen LogP contribution in [0.4, 0.5) is 0 Å². The van der Waals surface area contributed by atoms with Crippen LogP contribution in [0.15, 0.2) is 41.4 Å². The van der Waals surface area contributed by atoms with Gasteiger partial charge in [-0.15, -0.1) is 0 Å². The van der Waals surface area contributed by atoms with Gasteiger partial charge in [-0.2, -0.15) is 4.99 Å². The first-order valence-electron chi connectivity index (χ1n) is 10.5. The molecule has 5 nitrogen and oxygen atoms in total. The molecule has 0 N–H and O–H groups in total. The highest BCUT2D eigenvalue weighted by Gasteiger charge is 2.11. The summed E-state index contributed by atoms with van der Waals surface area (Å²) in [5.41, 5.74) is 4.08. The van der Waals surface area contributed by atoms with Crippen molar-refractivity contribution in [3.8, 4) is 5.75 Å². The van der Waals surface area contributed by atoms with Gasteiger partial charge in [-0.25, -0.2) is 0 Å². The molecule has 1 amide bonds. The Morgan fingerprint density at radius 3 is 2.67 bits per heavy atom. The molecule has 0 fully saturated rings. The van der Waals surface area contributed by atoms with E-state index in [-0.39, 0.29) is 5.91 Å². The predicted octanol–water partition coefficient (Wildman–Crippen LogP) is 5.28. The number of ether oxygens (including phenoxy) is 2. The lowest BCUT2D eigenvalue weighted by Crippen LogP contribution is -2.19. The van der Waals surface area contributed by atoms with Crippen molar-refractivity contribution >= 4 is 27.5 Å². The Morgan fingerprint density at radius 1 is 1.10 bits per heavy atom. The number of unbranched alkanes of at least 4 members (excludes halogenated alkanes) is 1. The number of carbonyl (C=O) groups excluding carboxylic acids is 1. The molecule has 0 saturated heterocycles. The highest BCUT2D eigenvalue weighted by Crippen LogP contribution is 2.22. The van der Waals surface area contributed by atoms with Crippen molar-refractivity contribution in [3.63, 3.8) is 0 Å². The van der Waals surface area contributed by atoms with Gasteiger partial charge in [0, 0.05) is 18.7 Å². The molecule has 3 rings (SSSR count). The van der Waals surface area contributed by atoms with E-state index in [1.165, 1.54) is 22.5 Å². The summed E-state index contributed by atoms with van der Waals surface area (Å²) in [6.07, 6.45) is 2.06. The first-order chi connectivity index (χ1) is 14.5. The van der Waals surface area contributed by atoms with E-state index >= 15 is 0 Å². The second kappa shape index (κ2) is 10.5. The molecular formula is C24H30N2O3S. The molecule has 0 aliphatic rings. The molecule has 0 aliphatic heterocycles. The standard InChI is InChI=1S/C24H30N2O3S/c1-5-7-12-29-20-10-8-9-19(16-20)23(27)25-24-26(11-13-28-6-2)21-14-17(3)18(4)15-22(21)30-24/h8-10,14-16H,5-7,11-13H2,1-4H3. The average molecular weight is 427 g/mol. The zero-order chi connectivity index (χ0) is 21.5. The van der Waals surface area contributed by atoms with Crippen LogP contribution in [0, 0.1) is 13.8 Å². The quantitative estimate of drug-likeness (QED) is 0.438. The molecule has 30 heavy (non-hydrogen) atoms. The van der Waals surface area contributed by atoms with Gasteiger partial charge in [-0.3, -0.25) is 4.79 Å². The monoisotopic (exact) mass is 426 g/mol. The molecule has 2 aromatic carbocycles. The third-order valence-corrected chi connectivity index (χ3v) is 6.05. The first-order valence-corrected chi connectivity index (χ1v) is 11.3. The summed E-state index contributed by atoms with van der Waals surface area (Å²) in [5.74, 6) is 0.442. The minimum atomic E-state index is -0.263. The molecular weight excluding hydrogens is 396 g/mol. The van der Waals surface area contributed by atoms with Crippen molar-refractivity contribution < 1.29 is 14.3 Å². The van der Waals surface area contributed by atoms with Gasteiger partial charge in [0.1, 0.15) is 5.75 Å². The Kier molecular flexibility index (Phi) is 7.82. The van der Waals surface area contributed by atoms with E-state index in [0.717, 1.165) is 23.1 Å². The Morgan fingerprint density at radius 2 is 1.90 bits per heavy atom. The fourth-order valence-corrected chi connectivity index (χ4v) is 4.26. The van der Waals surface area contributed by atoms with E-state index in [1.54, 1.807) is 12.1 Å². The van der Waals surface area contributed by atoms with E-state index in [9.17, 15) is 4.79 Å². The Hall–Kier alpha value is -2.44. The first kappa shape index (κ1) is 22.2. The van der Waals surface area contributed by atoms with Crippen molar-refractivity contribution in [2.24, 2.45) is 4.99 Å². The Labute approximate surface area is 182 Å². The van der Waals surface area contributed by atoms with Crippen LogP contribution in [0.2, 0.25) is 0 Å². The van der Waals surface area contributed by atoms with Gasteiger partial charge in [-0.05, 0) is 68.7 Å². The SMILES string of the molecule is CCCCOc1cccc(C(=O)N=c2sc3cc(C)c(C)cc3n2CCOCC)c1. The minimum absolute atomic E-state index is 0.263. The van der Waals surface area contributed by atoms with Crippen molar-refractivity contribution in [1.82, 2.24) is 4.57 Å². The molecule has 0 aliphatic carbocycles. The Balaban J connectivity index is 1.97. The van der Waals surface area contributed by atoms with Crippen LogP contribution in [-0.2, 0) is 11.3 Å². The number of amides is 1. The van der Waals surface area contributed by atoms with Crippen molar-refractivity contribution in [1.29, 1.82) is 0 Å². The number of hydrogen-bond donors (Lipinski definition) is 0. The zero-order valence-corrected chi connectivity index (χ0v) is 19.1. The van der Waals surface area contributed by atoms with Gasteiger partial charge in [0.05, 0.1) is 23.4 Å². The van der Waals surface area contributed by atoms with E-state index in [4.69, 9.17) is 9.47 Å². The number of hydrogen-bond acceptors (Lipinski definition) is 4. The number of aryl methyl sites for hydroxylation is 2. The number of thiazole rings is 1. The maximum atomic E-state index is 12.9. The maximum Gasteiger partial charge on any atom is 0.279 e. The average Bonchev–Trinajstić information content (AvgIpc) is 3.05. The van der Waals surface area contributed by atoms with E-state index in [0.29, 0.717) is 42.5 Å². The van der Waals surface area contributed by atoms with Gasteiger partial charge in [0.15, 0.2) is 4.80 Å². The van der Waals surface area contributed by atoms with E-state index in [2.05, 4.69) is 42.5 Å². The Bertz CT molecular complexity index is 1080. The molecule has 1 heterocycles. The molecule has 0 saturated carbocycles. The normalized spacial score (nSPS) is 11.9. The topological polar surface area (TPSA) is 52.8 Å². The molecule has 0 unspecified atom stereocenters. The molecule has 6 heteroatoms. The number of aromatic nitrogens is 1. The summed E-state index contributed by atoms with van der Waals surface area (Å²) in [4.78, 5) is 18.1. The predicted molar refractivity (Wildman–Crippen MR) is 123 cm³/mol. The van der Waals surface area contributed by atoms with Crippen LogP contribution in [0.5, 0.6) is 5.75 Å². The molecule has 160 valence electrons. The van der Waals surface area contributed by atoms with E-state index in [1.807, 2.05) is 19.1 Å². The smallest absolute Gasteiger partial charge is 0.279 e. The van der Waals surface area contributed by atoms with Gasteiger partial charge in [0.25, 0.3) is 5.91 Å². The third kappa shape index (κ3) is 5.37. The molecule has 3 aromatic rings. The molecule has 0 bridgehead atoms. The highest BCUT2D eigenvalue weighted by molar-refractivity contribution is 7.16. The fraction of sp³-hybridized carbons (Fsp3) is 0.417. The van der Waals surface area contributed by atoms with Gasteiger partial charge in [-0.1, -0.05) is 30.7 Å². The van der Waals surface area contributed by atoms with E-state index < -0.39 is 0 Å². The second-order valence-corrected chi connectivity index (χ2v) is 8.29. The molecule has 1 aromatic heterocycles. The zero-order valence-electron chi connectivity index (χ0n) is 18.2. The van der Waals surface area contributed by atoms with Crippen LogP contribution < -0.4 is 9.54 Å². The largest absolute Gasteiger partial charge is 0.494 e. The van der Waals surface area contributed by atoms with Gasteiger partial charge >= 0.3 is 0 Å². The van der Waals surface area contributed by atoms with Gasteiger partial charge in [0.2, 0.25) is 0 Å². The van der Waals surface area contributed by atoms with Crippen LogP contribution in [0.1, 0.15) is 48.2 Å². The second-order valence-electron chi connectivity index (χ2n) is 7.28. The summed E-state index contributed by atoms with van der Waals surface area (Å²) in [5, 5.41) is 0. The van der Waals surface area contributed by atoms with Crippen LogP contribution in [-0.4, -0.2) is 30.3 Å². The molecule has 0 atom stereocenters. The van der Waals surface area contributed by atoms with Crippen molar-refractivity contribution in [2.45, 2.75) is 47.1 Å². The number of benzene rings is 2. The maximum absolute atomic E-state index is 12.9. The minimum Gasteiger partial charge on any atom is -0.494 e. The highest BCUT2D eigenvalue weighted by atomic mass is 32.1. The summed E-state index contributed by atoms with van der Waals surface area (Å²) < 4.78 is 14.5. The lowest BCUT2D eigenvalue weighted by molar-refractivity contribution is 0.0996. The van der Waals surface area contributed by atoms with Crippen LogP contribution >= 0.6 is 11.3 Å². The molecule has 0 spiro atoms. The third-order valence-electron chi connectivity index (χ3n) is 5.01. The summed E-state index contributed by atoms with van der Waals surface area (Å²) in [7, 11) is 0. The molecule has 0 radical (unpaired) electrons. The fourth-order valence-electron chi connectivity index (χ4n) is 3.13. The number of nitrogens with zero attached hydrogens (tertiary/aromatic N) is 2. The van der Waals surface area contributed by atoms with Crippen molar-refractivity contribution in [2.75, 3.05) is 19.8 Å².